The van der Waals surface area contributed by atoms with Crippen molar-refractivity contribution in [3.05, 3.63) is 51.6 Å². The number of hydrogen-bond donors (Lipinski definition) is 0. The normalized spacial score (nSPS) is 13.6. The Kier molecular flexibility index (Phi) is 5.64. The molecular weight excluding hydrogens is 270 g/mol. The van der Waals surface area contributed by atoms with Crippen molar-refractivity contribution < 1.29 is 14.5 Å². The Balaban J connectivity index is 3.02. The molecule has 0 unspecified atom stereocenters. The highest BCUT2D eigenvalue weighted by atomic mass is 16.6. The van der Waals surface area contributed by atoms with E-state index in [1.54, 1.807) is 26.8 Å². The third-order valence-electron chi connectivity index (χ3n) is 2.68. The minimum absolute atomic E-state index is 0.0385. The number of nitrogens with zero attached hydrogens (tertiary/aromatic N) is 1. The van der Waals surface area contributed by atoms with Crippen LogP contribution in [-0.4, -0.2) is 22.5 Å². The lowest BCUT2D eigenvalue weighted by atomic mass is 10.0. The van der Waals surface area contributed by atoms with Gasteiger partial charge in [-0.05, 0) is 32.4 Å². The maximum absolute atomic E-state index is 12.2. The summed E-state index contributed by atoms with van der Waals surface area (Å²) in [6, 6.07) is 8.38. The first-order valence-electron chi connectivity index (χ1n) is 6.81. The van der Waals surface area contributed by atoms with Gasteiger partial charge >= 0.3 is 5.97 Å². The molecule has 0 radical (unpaired) electrons. The van der Waals surface area contributed by atoms with Crippen molar-refractivity contribution in [3.63, 3.8) is 0 Å². The SMILES string of the molecule is C[C@@H](C/C(=C\c1ccccc1)C(=O)OC(C)(C)C)[N+](=O)[O-]. The van der Waals surface area contributed by atoms with Crippen LogP contribution in [0, 0.1) is 10.1 Å². The molecule has 0 aliphatic rings. The van der Waals surface area contributed by atoms with Gasteiger partial charge in [0.15, 0.2) is 0 Å². The number of esters is 1. The summed E-state index contributed by atoms with van der Waals surface area (Å²) in [5.74, 6) is -0.514. The van der Waals surface area contributed by atoms with E-state index in [1.807, 2.05) is 30.3 Å². The molecule has 114 valence electrons. The van der Waals surface area contributed by atoms with Gasteiger partial charge in [0, 0.05) is 23.8 Å². The highest BCUT2D eigenvalue weighted by molar-refractivity contribution is 5.94. The van der Waals surface area contributed by atoms with Crippen LogP contribution in [0.5, 0.6) is 0 Å². The lowest BCUT2D eigenvalue weighted by molar-refractivity contribution is -0.517. The number of nitro groups is 1. The second-order valence-corrected chi connectivity index (χ2v) is 5.92. The molecule has 0 aliphatic heterocycles. The second kappa shape index (κ2) is 7.02. The van der Waals surface area contributed by atoms with E-state index < -0.39 is 22.5 Å². The Morgan fingerprint density at radius 1 is 1.33 bits per heavy atom. The van der Waals surface area contributed by atoms with Gasteiger partial charge in [-0.15, -0.1) is 0 Å². The minimum atomic E-state index is -0.840. The number of carbonyl (C=O) groups excluding carboxylic acids is 1. The van der Waals surface area contributed by atoms with Crippen molar-refractivity contribution >= 4 is 12.0 Å². The van der Waals surface area contributed by atoms with Crippen molar-refractivity contribution in [1.29, 1.82) is 0 Å². The molecule has 1 atom stereocenters. The van der Waals surface area contributed by atoms with E-state index in [1.165, 1.54) is 6.92 Å². The van der Waals surface area contributed by atoms with Gasteiger partial charge in [-0.1, -0.05) is 30.3 Å². The van der Waals surface area contributed by atoms with E-state index in [0.717, 1.165) is 5.56 Å². The van der Waals surface area contributed by atoms with Gasteiger partial charge in [0.25, 0.3) is 0 Å². The van der Waals surface area contributed by atoms with Gasteiger partial charge in [0.2, 0.25) is 6.04 Å². The summed E-state index contributed by atoms with van der Waals surface area (Å²) < 4.78 is 5.32. The highest BCUT2D eigenvalue weighted by Gasteiger charge is 2.24. The molecule has 0 aliphatic carbocycles. The molecule has 0 fully saturated rings. The Morgan fingerprint density at radius 3 is 2.38 bits per heavy atom. The molecule has 0 N–H and O–H groups in total. The van der Waals surface area contributed by atoms with Crippen molar-refractivity contribution in [2.24, 2.45) is 0 Å². The molecule has 0 bridgehead atoms. The largest absolute Gasteiger partial charge is 0.457 e. The Bertz CT molecular complexity index is 529. The predicted octanol–water partition coefficient (Wildman–Crippen LogP) is 3.47. The van der Waals surface area contributed by atoms with E-state index in [9.17, 15) is 14.9 Å². The fourth-order valence-corrected chi connectivity index (χ4v) is 1.69. The maximum Gasteiger partial charge on any atom is 0.334 e. The average Bonchev–Trinajstić information content (AvgIpc) is 2.36. The summed E-state index contributed by atoms with van der Waals surface area (Å²) in [6.07, 6.45) is 1.69. The van der Waals surface area contributed by atoms with Crippen LogP contribution in [0.1, 0.15) is 39.7 Å². The number of benzene rings is 1. The van der Waals surface area contributed by atoms with Gasteiger partial charge in [0.05, 0.1) is 0 Å². The first kappa shape index (κ1) is 16.9. The molecule has 1 aromatic carbocycles. The van der Waals surface area contributed by atoms with E-state index >= 15 is 0 Å². The zero-order chi connectivity index (χ0) is 16.0. The Hall–Kier alpha value is -2.17. The van der Waals surface area contributed by atoms with Gasteiger partial charge in [-0.3, -0.25) is 10.1 Å². The van der Waals surface area contributed by atoms with Crippen LogP contribution in [0.2, 0.25) is 0 Å². The molecule has 0 heterocycles. The van der Waals surface area contributed by atoms with Crippen LogP contribution in [-0.2, 0) is 9.53 Å². The molecule has 0 amide bonds. The summed E-state index contributed by atoms with van der Waals surface area (Å²) in [6.45, 7) is 6.77. The van der Waals surface area contributed by atoms with Crippen LogP contribution < -0.4 is 0 Å². The second-order valence-electron chi connectivity index (χ2n) is 5.92. The lowest BCUT2D eigenvalue weighted by Crippen LogP contribution is -2.27. The van der Waals surface area contributed by atoms with E-state index in [-0.39, 0.29) is 6.42 Å². The van der Waals surface area contributed by atoms with Crippen LogP contribution in [0.15, 0.2) is 35.9 Å². The summed E-state index contributed by atoms with van der Waals surface area (Å²) in [4.78, 5) is 22.6. The smallest absolute Gasteiger partial charge is 0.334 e. The third-order valence-corrected chi connectivity index (χ3v) is 2.68. The summed E-state index contributed by atoms with van der Waals surface area (Å²) in [5, 5.41) is 10.8. The van der Waals surface area contributed by atoms with Crippen LogP contribution in [0.25, 0.3) is 6.08 Å². The van der Waals surface area contributed by atoms with E-state index in [4.69, 9.17) is 4.74 Å². The first-order chi connectivity index (χ1) is 9.69. The zero-order valence-electron chi connectivity index (χ0n) is 12.8. The molecule has 5 heteroatoms. The summed E-state index contributed by atoms with van der Waals surface area (Å²) >= 11 is 0. The average molecular weight is 291 g/mol. The van der Waals surface area contributed by atoms with Crippen molar-refractivity contribution in [2.75, 3.05) is 0 Å². The first-order valence-corrected chi connectivity index (χ1v) is 6.81. The van der Waals surface area contributed by atoms with Gasteiger partial charge in [-0.2, -0.15) is 0 Å². The molecular formula is C16H21NO4. The summed E-state index contributed by atoms with van der Waals surface area (Å²) in [7, 11) is 0. The number of rotatable bonds is 5. The van der Waals surface area contributed by atoms with Crippen molar-refractivity contribution in [3.8, 4) is 0 Å². The highest BCUT2D eigenvalue weighted by Crippen LogP contribution is 2.18. The van der Waals surface area contributed by atoms with E-state index in [0.29, 0.717) is 5.57 Å². The van der Waals surface area contributed by atoms with Crippen molar-refractivity contribution in [1.82, 2.24) is 0 Å². The fraction of sp³-hybridized carbons (Fsp3) is 0.438. The maximum atomic E-state index is 12.2. The summed E-state index contributed by atoms with van der Waals surface area (Å²) in [5.41, 5.74) is 0.485. The standard InChI is InChI=1S/C16H21NO4/c1-12(17(19)20)10-14(15(18)21-16(2,3)4)11-13-8-6-5-7-9-13/h5-9,11-12H,10H2,1-4H3/b14-11+/t12-/m0/s1. The monoisotopic (exact) mass is 291 g/mol. The topological polar surface area (TPSA) is 69.4 Å². The number of carbonyl (C=O) groups is 1. The molecule has 21 heavy (non-hydrogen) atoms. The number of ether oxygens (including phenoxy) is 1. The molecule has 5 nitrogen and oxygen atoms in total. The van der Waals surface area contributed by atoms with Crippen LogP contribution in [0.4, 0.5) is 0 Å². The number of hydrogen-bond acceptors (Lipinski definition) is 4. The van der Waals surface area contributed by atoms with Gasteiger partial charge in [0.1, 0.15) is 5.60 Å². The molecule has 0 saturated heterocycles. The van der Waals surface area contributed by atoms with Crippen LogP contribution in [0.3, 0.4) is 0 Å². The predicted molar refractivity (Wildman–Crippen MR) is 81.3 cm³/mol. The Morgan fingerprint density at radius 2 is 1.90 bits per heavy atom. The van der Waals surface area contributed by atoms with E-state index in [2.05, 4.69) is 0 Å². The molecule has 0 aromatic heterocycles. The third kappa shape index (κ3) is 6.21. The zero-order valence-corrected chi connectivity index (χ0v) is 12.8. The molecule has 1 rings (SSSR count). The molecule has 1 aromatic rings. The Labute approximate surface area is 124 Å². The van der Waals surface area contributed by atoms with Gasteiger partial charge < -0.3 is 4.74 Å². The van der Waals surface area contributed by atoms with Crippen LogP contribution >= 0.6 is 0 Å². The minimum Gasteiger partial charge on any atom is -0.457 e. The quantitative estimate of drug-likeness (QED) is 0.360. The van der Waals surface area contributed by atoms with Gasteiger partial charge in [-0.25, -0.2) is 4.79 Å². The van der Waals surface area contributed by atoms with Crippen molar-refractivity contribution in [2.45, 2.75) is 45.8 Å². The lowest BCUT2D eigenvalue weighted by Gasteiger charge is -2.20. The molecule has 0 spiro atoms. The molecule has 0 saturated carbocycles. The fourth-order valence-electron chi connectivity index (χ4n) is 1.69.